The molecule has 0 bridgehead atoms. The molecule has 106 valence electrons. The molecule has 20 heavy (non-hydrogen) atoms. The molecule has 0 saturated carbocycles. The molecule has 2 rings (SSSR count). The second-order valence-corrected chi connectivity index (χ2v) is 5.07. The van der Waals surface area contributed by atoms with Crippen LogP contribution in [0.25, 0.3) is 0 Å². The van der Waals surface area contributed by atoms with Crippen molar-refractivity contribution in [3.05, 3.63) is 69.7 Å². The quantitative estimate of drug-likeness (QED) is 0.867. The van der Waals surface area contributed by atoms with Gasteiger partial charge < -0.3 is 5.32 Å². The van der Waals surface area contributed by atoms with Gasteiger partial charge in [0.1, 0.15) is 11.6 Å². The monoisotopic (exact) mass is 295 g/mol. The molecule has 4 heteroatoms. The number of rotatable bonds is 4. The molecule has 0 aliphatic heterocycles. The molecule has 0 amide bonds. The summed E-state index contributed by atoms with van der Waals surface area (Å²) in [5.74, 6) is -0.708. The van der Waals surface area contributed by atoms with Crippen LogP contribution in [0.2, 0.25) is 5.02 Å². The van der Waals surface area contributed by atoms with Crippen LogP contribution in [0.5, 0.6) is 0 Å². The van der Waals surface area contributed by atoms with Gasteiger partial charge in [0, 0.05) is 0 Å². The molecule has 0 aliphatic carbocycles. The zero-order valence-electron chi connectivity index (χ0n) is 11.4. The highest BCUT2D eigenvalue weighted by Crippen LogP contribution is 2.28. The van der Waals surface area contributed by atoms with Crippen LogP contribution in [0.3, 0.4) is 0 Å². The van der Waals surface area contributed by atoms with E-state index in [0.29, 0.717) is 0 Å². The highest BCUT2D eigenvalue weighted by atomic mass is 35.5. The van der Waals surface area contributed by atoms with Crippen LogP contribution in [-0.4, -0.2) is 6.54 Å². The maximum Gasteiger partial charge on any atom is 0.141 e. The van der Waals surface area contributed by atoms with Gasteiger partial charge in [0.2, 0.25) is 0 Å². The summed E-state index contributed by atoms with van der Waals surface area (Å²) in [4.78, 5) is 0. The molecule has 0 saturated heterocycles. The van der Waals surface area contributed by atoms with E-state index < -0.39 is 5.82 Å². The average molecular weight is 296 g/mol. The lowest BCUT2D eigenvalue weighted by atomic mass is 9.95. The van der Waals surface area contributed by atoms with Crippen LogP contribution in [-0.2, 0) is 0 Å². The van der Waals surface area contributed by atoms with Gasteiger partial charge in [-0.3, -0.25) is 0 Å². The van der Waals surface area contributed by atoms with Crippen LogP contribution in [0, 0.1) is 18.6 Å². The van der Waals surface area contributed by atoms with E-state index in [-0.39, 0.29) is 16.9 Å². The number of halogens is 3. The van der Waals surface area contributed by atoms with Crippen molar-refractivity contribution in [3.8, 4) is 0 Å². The summed E-state index contributed by atoms with van der Waals surface area (Å²) in [6.45, 7) is 4.57. The number of hydrogen-bond acceptors (Lipinski definition) is 1. The molecule has 0 aliphatic rings. The largest absolute Gasteiger partial charge is 0.307 e. The SMILES string of the molecule is CCNC(c1ccc(F)c(Cl)c1)c1ccc(F)cc1C. The van der Waals surface area contributed by atoms with Crippen molar-refractivity contribution >= 4 is 11.6 Å². The predicted octanol–water partition coefficient (Wildman–Crippen LogP) is 4.63. The second kappa shape index (κ2) is 6.33. The van der Waals surface area contributed by atoms with Crippen molar-refractivity contribution in [3.63, 3.8) is 0 Å². The van der Waals surface area contributed by atoms with Gasteiger partial charge in [0.25, 0.3) is 0 Å². The van der Waals surface area contributed by atoms with Gasteiger partial charge in [0.05, 0.1) is 11.1 Å². The van der Waals surface area contributed by atoms with Gasteiger partial charge in [-0.2, -0.15) is 0 Å². The van der Waals surface area contributed by atoms with Crippen LogP contribution >= 0.6 is 11.6 Å². The number of hydrogen-bond donors (Lipinski definition) is 1. The molecule has 2 aromatic carbocycles. The third-order valence-electron chi connectivity index (χ3n) is 3.23. The Balaban J connectivity index is 2.47. The summed E-state index contributed by atoms with van der Waals surface area (Å²) < 4.78 is 26.5. The van der Waals surface area contributed by atoms with E-state index >= 15 is 0 Å². The van der Waals surface area contributed by atoms with E-state index in [0.717, 1.165) is 23.2 Å². The molecule has 1 unspecified atom stereocenters. The minimum absolute atomic E-state index is 0.0881. The highest BCUT2D eigenvalue weighted by Gasteiger charge is 2.16. The molecule has 2 aromatic rings. The Bertz CT molecular complexity index is 613. The Morgan fingerprint density at radius 1 is 1.15 bits per heavy atom. The molecule has 1 nitrogen and oxygen atoms in total. The predicted molar refractivity (Wildman–Crippen MR) is 78.1 cm³/mol. The third kappa shape index (κ3) is 3.17. The Morgan fingerprint density at radius 2 is 1.90 bits per heavy atom. The van der Waals surface area contributed by atoms with Crippen molar-refractivity contribution in [2.75, 3.05) is 6.54 Å². The highest BCUT2D eigenvalue weighted by molar-refractivity contribution is 6.30. The molecular formula is C16H16ClF2N. The smallest absolute Gasteiger partial charge is 0.141 e. The minimum atomic E-state index is -0.443. The maximum atomic E-state index is 13.3. The maximum absolute atomic E-state index is 13.3. The Kier molecular flexibility index (Phi) is 4.73. The summed E-state index contributed by atoms with van der Waals surface area (Å²) in [5, 5.41) is 3.41. The van der Waals surface area contributed by atoms with Crippen molar-refractivity contribution in [1.82, 2.24) is 5.32 Å². The number of nitrogens with one attached hydrogen (secondary N) is 1. The molecule has 0 spiro atoms. The zero-order chi connectivity index (χ0) is 14.7. The fraction of sp³-hybridized carbons (Fsp3) is 0.250. The first kappa shape index (κ1) is 14.9. The fourth-order valence-corrected chi connectivity index (χ4v) is 2.46. The summed E-state index contributed by atoms with van der Waals surface area (Å²) in [6.07, 6.45) is 0. The molecule has 0 aromatic heterocycles. The van der Waals surface area contributed by atoms with Gasteiger partial charge in [-0.05, 0) is 54.4 Å². The average Bonchev–Trinajstić information content (AvgIpc) is 2.40. The van der Waals surface area contributed by atoms with Crippen LogP contribution < -0.4 is 5.32 Å². The van der Waals surface area contributed by atoms with E-state index in [9.17, 15) is 8.78 Å². The Labute approximate surface area is 122 Å². The fourth-order valence-electron chi connectivity index (χ4n) is 2.27. The van der Waals surface area contributed by atoms with Crippen molar-refractivity contribution in [2.45, 2.75) is 19.9 Å². The Hall–Kier alpha value is -1.45. The zero-order valence-corrected chi connectivity index (χ0v) is 12.1. The molecular weight excluding hydrogens is 280 g/mol. The lowest BCUT2D eigenvalue weighted by molar-refractivity contribution is 0.605. The summed E-state index contributed by atoms with van der Waals surface area (Å²) in [6, 6.07) is 9.17. The first-order chi connectivity index (χ1) is 9.52. The molecule has 1 N–H and O–H groups in total. The second-order valence-electron chi connectivity index (χ2n) is 4.67. The summed E-state index contributed by atoms with van der Waals surface area (Å²) in [5.41, 5.74) is 2.65. The molecule has 0 heterocycles. The summed E-state index contributed by atoms with van der Waals surface area (Å²) >= 11 is 5.85. The van der Waals surface area contributed by atoms with Crippen LogP contribution in [0.1, 0.15) is 29.7 Å². The lowest BCUT2D eigenvalue weighted by Gasteiger charge is -2.21. The molecule has 0 fully saturated rings. The van der Waals surface area contributed by atoms with Gasteiger partial charge >= 0.3 is 0 Å². The summed E-state index contributed by atoms with van der Waals surface area (Å²) in [7, 11) is 0. The van der Waals surface area contributed by atoms with Gasteiger partial charge in [-0.1, -0.05) is 30.7 Å². The van der Waals surface area contributed by atoms with Crippen molar-refractivity contribution < 1.29 is 8.78 Å². The lowest BCUT2D eigenvalue weighted by Crippen LogP contribution is -2.23. The normalized spacial score (nSPS) is 12.4. The molecule has 1 atom stereocenters. The molecule has 0 radical (unpaired) electrons. The van der Waals surface area contributed by atoms with Gasteiger partial charge in [-0.15, -0.1) is 0 Å². The topological polar surface area (TPSA) is 12.0 Å². The number of aryl methyl sites for hydroxylation is 1. The van der Waals surface area contributed by atoms with Gasteiger partial charge in [0.15, 0.2) is 0 Å². The van der Waals surface area contributed by atoms with E-state index in [1.165, 1.54) is 18.2 Å². The van der Waals surface area contributed by atoms with Crippen LogP contribution in [0.4, 0.5) is 8.78 Å². The van der Waals surface area contributed by atoms with Crippen LogP contribution in [0.15, 0.2) is 36.4 Å². The van der Waals surface area contributed by atoms with Crippen molar-refractivity contribution in [2.24, 2.45) is 0 Å². The number of benzene rings is 2. The standard InChI is InChI=1S/C16H16ClF2N/c1-3-20-16(11-4-7-15(19)14(17)9-11)13-6-5-12(18)8-10(13)2/h4-9,16,20H,3H2,1-2H3. The van der Waals surface area contributed by atoms with E-state index in [4.69, 9.17) is 11.6 Å². The van der Waals surface area contributed by atoms with E-state index in [2.05, 4.69) is 5.32 Å². The van der Waals surface area contributed by atoms with E-state index in [1.807, 2.05) is 13.8 Å². The Morgan fingerprint density at radius 3 is 2.50 bits per heavy atom. The van der Waals surface area contributed by atoms with E-state index in [1.54, 1.807) is 18.2 Å². The third-order valence-corrected chi connectivity index (χ3v) is 3.52. The van der Waals surface area contributed by atoms with Gasteiger partial charge in [-0.25, -0.2) is 8.78 Å². The first-order valence-electron chi connectivity index (χ1n) is 6.47. The minimum Gasteiger partial charge on any atom is -0.307 e. The first-order valence-corrected chi connectivity index (χ1v) is 6.85. The van der Waals surface area contributed by atoms with Crippen molar-refractivity contribution in [1.29, 1.82) is 0 Å².